The summed E-state index contributed by atoms with van der Waals surface area (Å²) in [5.41, 5.74) is 2.27. The first-order valence-corrected chi connectivity index (χ1v) is 10.9. The third-order valence-electron chi connectivity index (χ3n) is 4.88. The lowest BCUT2D eigenvalue weighted by atomic mass is 10.1. The van der Waals surface area contributed by atoms with E-state index >= 15 is 0 Å². The quantitative estimate of drug-likeness (QED) is 0.789. The predicted octanol–water partition coefficient (Wildman–Crippen LogP) is 3.10. The van der Waals surface area contributed by atoms with Crippen molar-refractivity contribution >= 4 is 21.5 Å². The molecule has 146 valence electrons. The molecule has 2 heterocycles. The van der Waals surface area contributed by atoms with E-state index in [1.165, 1.54) is 28.9 Å². The topological polar surface area (TPSA) is 65.5 Å². The second kappa shape index (κ2) is 8.82. The molecule has 3 rings (SSSR count). The number of aryl methyl sites for hydroxylation is 1. The molecule has 0 radical (unpaired) electrons. The number of rotatable bonds is 7. The van der Waals surface area contributed by atoms with Gasteiger partial charge in [0.2, 0.25) is 10.0 Å². The monoisotopic (exact) mass is 388 g/mol. The maximum Gasteiger partial charge on any atom is 0.244 e. The largest absolute Gasteiger partial charge is 0.340 e. The Morgan fingerprint density at radius 3 is 2.33 bits per heavy atom. The van der Waals surface area contributed by atoms with Gasteiger partial charge >= 0.3 is 0 Å². The molecule has 1 aliphatic rings. The van der Waals surface area contributed by atoms with Crippen molar-refractivity contribution in [3.63, 3.8) is 0 Å². The Kier molecular flexibility index (Phi) is 6.46. The van der Waals surface area contributed by atoms with Crippen LogP contribution < -0.4 is 5.32 Å². The standard InChI is InChI=1S/C20H28N4O2S/c1-3-4-5-17-6-8-18(9-7-17)22-20-11-10-19(16-21-20)27(25,26)24-14-12-23(2)13-15-24/h6-11,16H,3-5,12-15H2,1-2H3,(H,21,22). The molecule has 1 aromatic heterocycles. The molecule has 0 bridgehead atoms. The number of piperazine rings is 1. The Labute approximate surface area is 162 Å². The van der Waals surface area contributed by atoms with Gasteiger partial charge in [0.25, 0.3) is 0 Å². The van der Waals surface area contributed by atoms with Gasteiger partial charge in [0, 0.05) is 38.1 Å². The number of unbranched alkanes of at least 4 members (excludes halogenated alkanes) is 1. The fourth-order valence-corrected chi connectivity index (χ4v) is 4.44. The Morgan fingerprint density at radius 2 is 1.74 bits per heavy atom. The second-order valence-electron chi connectivity index (χ2n) is 7.01. The number of pyridine rings is 1. The Hall–Kier alpha value is -1.96. The Bertz CT molecular complexity index is 827. The maximum absolute atomic E-state index is 12.7. The zero-order valence-electron chi connectivity index (χ0n) is 16.1. The first kappa shape index (κ1) is 19.8. The number of anilines is 2. The van der Waals surface area contributed by atoms with E-state index in [0.29, 0.717) is 18.9 Å². The summed E-state index contributed by atoms with van der Waals surface area (Å²) >= 11 is 0. The highest BCUT2D eigenvalue weighted by atomic mass is 32.2. The van der Waals surface area contributed by atoms with E-state index in [1.807, 2.05) is 19.2 Å². The molecule has 0 amide bonds. The number of hydrogen-bond donors (Lipinski definition) is 1. The van der Waals surface area contributed by atoms with Gasteiger partial charge in [-0.15, -0.1) is 0 Å². The van der Waals surface area contributed by atoms with Crippen molar-refractivity contribution in [2.24, 2.45) is 0 Å². The van der Waals surface area contributed by atoms with Gasteiger partial charge in [-0.05, 0) is 49.7 Å². The van der Waals surface area contributed by atoms with Crippen LogP contribution in [0.4, 0.5) is 11.5 Å². The summed E-state index contributed by atoms with van der Waals surface area (Å²) in [6, 6.07) is 11.6. The van der Waals surface area contributed by atoms with Crippen LogP contribution in [0.25, 0.3) is 0 Å². The molecule has 0 unspecified atom stereocenters. The lowest BCUT2D eigenvalue weighted by molar-refractivity contribution is 0.222. The van der Waals surface area contributed by atoms with Gasteiger partial charge < -0.3 is 10.2 Å². The van der Waals surface area contributed by atoms with Gasteiger partial charge in [-0.25, -0.2) is 13.4 Å². The van der Waals surface area contributed by atoms with Gasteiger partial charge in [-0.3, -0.25) is 0 Å². The summed E-state index contributed by atoms with van der Waals surface area (Å²) in [5.74, 6) is 0.633. The first-order valence-electron chi connectivity index (χ1n) is 9.50. The van der Waals surface area contributed by atoms with Crippen molar-refractivity contribution in [3.05, 3.63) is 48.2 Å². The molecule has 27 heavy (non-hydrogen) atoms. The average molecular weight is 389 g/mol. The lowest BCUT2D eigenvalue weighted by Crippen LogP contribution is -2.47. The van der Waals surface area contributed by atoms with Crippen LogP contribution in [0.1, 0.15) is 25.3 Å². The molecule has 2 aromatic rings. The summed E-state index contributed by atoms with van der Waals surface area (Å²) in [4.78, 5) is 6.67. The fourth-order valence-electron chi connectivity index (χ4n) is 3.07. The van der Waals surface area contributed by atoms with Crippen molar-refractivity contribution in [1.82, 2.24) is 14.2 Å². The van der Waals surface area contributed by atoms with Crippen molar-refractivity contribution in [1.29, 1.82) is 0 Å². The minimum absolute atomic E-state index is 0.243. The van der Waals surface area contributed by atoms with Crippen LogP contribution in [0.15, 0.2) is 47.5 Å². The van der Waals surface area contributed by atoms with E-state index in [1.54, 1.807) is 12.1 Å². The van der Waals surface area contributed by atoms with Crippen LogP contribution >= 0.6 is 0 Å². The van der Waals surface area contributed by atoms with Crippen molar-refractivity contribution in [2.45, 2.75) is 31.1 Å². The molecule has 1 saturated heterocycles. The molecular formula is C20H28N4O2S. The van der Waals surface area contributed by atoms with Gasteiger partial charge in [0.15, 0.2) is 0 Å². The van der Waals surface area contributed by atoms with E-state index in [4.69, 9.17) is 0 Å². The molecule has 0 saturated carbocycles. The van der Waals surface area contributed by atoms with Crippen LogP contribution in [-0.2, 0) is 16.4 Å². The van der Waals surface area contributed by atoms with E-state index in [-0.39, 0.29) is 4.90 Å². The molecule has 0 atom stereocenters. The normalized spacial score (nSPS) is 16.4. The zero-order valence-corrected chi connectivity index (χ0v) is 16.9. The maximum atomic E-state index is 12.7. The number of likely N-dealkylation sites (N-methyl/N-ethyl adjacent to an activating group) is 1. The van der Waals surface area contributed by atoms with Crippen LogP contribution in [0.2, 0.25) is 0 Å². The van der Waals surface area contributed by atoms with E-state index in [2.05, 4.69) is 34.3 Å². The van der Waals surface area contributed by atoms with Gasteiger partial charge in [0.1, 0.15) is 10.7 Å². The van der Waals surface area contributed by atoms with Crippen LogP contribution in [0.3, 0.4) is 0 Å². The summed E-state index contributed by atoms with van der Waals surface area (Å²) in [6.07, 6.45) is 4.91. The highest BCUT2D eigenvalue weighted by Gasteiger charge is 2.27. The minimum atomic E-state index is -3.47. The Morgan fingerprint density at radius 1 is 1.04 bits per heavy atom. The lowest BCUT2D eigenvalue weighted by Gasteiger charge is -2.31. The van der Waals surface area contributed by atoms with Crippen LogP contribution in [0.5, 0.6) is 0 Å². The molecule has 1 N–H and O–H groups in total. The Balaban J connectivity index is 1.64. The second-order valence-corrected chi connectivity index (χ2v) is 8.95. The predicted molar refractivity (Wildman–Crippen MR) is 109 cm³/mol. The first-order chi connectivity index (χ1) is 13.0. The molecule has 7 heteroatoms. The molecular weight excluding hydrogens is 360 g/mol. The molecule has 1 fully saturated rings. The number of sulfonamides is 1. The third kappa shape index (κ3) is 5.06. The van der Waals surface area contributed by atoms with Gasteiger partial charge in [-0.1, -0.05) is 25.5 Å². The van der Waals surface area contributed by atoms with Crippen molar-refractivity contribution in [3.8, 4) is 0 Å². The summed E-state index contributed by atoms with van der Waals surface area (Å²) < 4.78 is 27.0. The van der Waals surface area contributed by atoms with Gasteiger partial charge in [-0.2, -0.15) is 4.31 Å². The molecule has 1 aromatic carbocycles. The SMILES string of the molecule is CCCCc1ccc(Nc2ccc(S(=O)(=O)N3CCN(C)CC3)cn2)cc1. The fraction of sp³-hybridized carbons (Fsp3) is 0.450. The highest BCUT2D eigenvalue weighted by molar-refractivity contribution is 7.89. The van der Waals surface area contributed by atoms with E-state index < -0.39 is 10.0 Å². The highest BCUT2D eigenvalue weighted by Crippen LogP contribution is 2.20. The minimum Gasteiger partial charge on any atom is -0.340 e. The third-order valence-corrected chi connectivity index (χ3v) is 6.76. The van der Waals surface area contributed by atoms with E-state index in [9.17, 15) is 8.42 Å². The molecule has 1 aliphatic heterocycles. The van der Waals surface area contributed by atoms with E-state index in [0.717, 1.165) is 25.2 Å². The molecule has 0 spiro atoms. The van der Waals surface area contributed by atoms with Crippen LogP contribution in [0, 0.1) is 0 Å². The zero-order chi connectivity index (χ0) is 19.3. The number of hydrogen-bond acceptors (Lipinski definition) is 5. The molecule has 6 nitrogen and oxygen atoms in total. The number of nitrogens with one attached hydrogen (secondary N) is 1. The number of benzene rings is 1. The molecule has 0 aliphatic carbocycles. The summed E-state index contributed by atoms with van der Waals surface area (Å²) in [6.45, 7) is 4.72. The van der Waals surface area contributed by atoms with Crippen molar-refractivity contribution < 1.29 is 8.42 Å². The smallest absolute Gasteiger partial charge is 0.244 e. The van der Waals surface area contributed by atoms with Gasteiger partial charge in [0.05, 0.1) is 0 Å². The average Bonchev–Trinajstić information content (AvgIpc) is 2.68. The summed E-state index contributed by atoms with van der Waals surface area (Å²) in [7, 11) is -1.47. The number of aromatic nitrogens is 1. The van der Waals surface area contributed by atoms with Crippen LogP contribution in [-0.4, -0.2) is 55.8 Å². The summed E-state index contributed by atoms with van der Waals surface area (Å²) in [5, 5.41) is 3.23. The van der Waals surface area contributed by atoms with Crippen molar-refractivity contribution in [2.75, 3.05) is 38.5 Å². The number of nitrogens with zero attached hydrogens (tertiary/aromatic N) is 3.